The van der Waals surface area contributed by atoms with Gasteiger partial charge in [-0.15, -0.1) is 0 Å². The van der Waals surface area contributed by atoms with Gasteiger partial charge >= 0.3 is 6.18 Å². The number of aromatic nitrogens is 3. The van der Waals surface area contributed by atoms with E-state index in [-0.39, 0.29) is 18.5 Å². The number of ether oxygens (including phenoxy) is 3. The van der Waals surface area contributed by atoms with E-state index in [1.54, 1.807) is 26.2 Å². The molecule has 0 aliphatic carbocycles. The molecule has 2 aliphatic heterocycles. The summed E-state index contributed by atoms with van der Waals surface area (Å²) in [5.41, 5.74) is 1.50. The summed E-state index contributed by atoms with van der Waals surface area (Å²) in [6.07, 6.45) is 1.58. The minimum Gasteiger partial charge on any atom is -0.457 e. The smallest absolute Gasteiger partial charge is 0.406 e. The molecule has 0 bridgehead atoms. The largest absolute Gasteiger partial charge is 0.457 e. The van der Waals surface area contributed by atoms with Gasteiger partial charge in [-0.2, -0.15) is 13.2 Å². The van der Waals surface area contributed by atoms with Crippen molar-refractivity contribution in [1.82, 2.24) is 19.9 Å². The van der Waals surface area contributed by atoms with Crippen LogP contribution in [-0.2, 0) is 20.8 Å². The van der Waals surface area contributed by atoms with Crippen LogP contribution in [0, 0.1) is 5.41 Å². The summed E-state index contributed by atoms with van der Waals surface area (Å²) in [6.45, 7) is 5.15. The summed E-state index contributed by atoms with van der Waals surface area (Å²) in [4.78, 5) is 16.5. The van der Waals surface area contributed by atoms with Crippen molar-refractivity contribution in [2.24, 2.45) is 0 Å². The van der Waals surface area contributed by atoms with Gasteiger partial charge in [-0.05, 0) is 45.2 Å². The molecule has 2 aromatic heterocycles. The first-order chi connectivity index (χ1) is 18.2. The van der Waals surface area contributed by atoms with Gasteiger partial charge in [-0.3, -0.25) is 5.41 Å². The molecule has 4 rings (SSSR count). The number of nitrogens with zero attached hydrogens (tertiary/aromatic N) is 5. The third kappa shape index (κ3) is 7.67. The first kappa shape index (κ1) is 27.8. The number of amidine groups is 1. The summed E-state index contributed by atoms with van der Waals surface area (Å²) in [7, 11) is 0. The van der Waals surface area contributed by atoms with Gasteiger partial charge in [-0.25, -0.2) is 15.0 Å². The van der Waals surface area contributed by atoms with E-state index in [0.29, 0.717) is 31.3 Å². The van der Waals surface area contributed by atoms with E-state index >= 15 is 0 Å². The molecule has 2 aliphatic rings. The normalized spacial score (nSPS) is 18.4. The van der Waals surface area contributed by atoms with Crippen LogP contribution in [0.5, 0.6) is 0 Å². The van der Waals surface area contributed by atoms with E-state index in [1.807, 2.05) is 12.1 Å². The van der Waals surface area contributed by atoms with Crippen molar-refractivity contribution in [1.29, 1.82) is 5.41 Å². The summed E-state index contributed by atoms with van der Waals surface area (Å²) in [5.74, 6) is 1.60. The average Bonchev–Trinajstić information content (AvgIpc) is 2.91. The number of hydrogen-bond donors (Lipinski definition) is 2. The lowest BCUT2D eigenvalue weighted by Crippen LogP contribution is -2.43. The van der Waals surface area contributed by atoms with Gasteiger partial charge in [-0.1, -0.05) is 0 Å². The molecule has 1 unspecified atom stereocenters. The van der Waals surface area contributed by atoms with Crippen molar-refractivity contribution in [2.75, 3.05) is 49.7 Å². The molecule has 2 N–H and O–H groups in total. The Balaban J connectivity index is 1.49. The highest BCUT2D eigenvalue weighted by Crippen LogP contribution is 2.33. The highest BCUT2D eigenvalue weighted by molar-refractivity contribution is 5.70. The summed E-state index contributed by atoms with van der Waals surface area (Å²) in [5, 5.41) is 11.3. The zero-order chi connectivity index (χ0) is 27.1. The molecule has 2 saturated heterocycles. The highest BCUT2D eigenvalue weighted by Gasteiger charge is 2.34. The van der Waals surface area contributed by atoms with Gasteiger partial charge in [0.2, 0.25) is 0 Å². The SMILES string of the molecule is CC(C)N(CC(F)(F)F)C(=N)OCc1ncc(C2CCCCO2)c(Nc2ccc(N3CCOCC3)nc2)n1. The van der Waals surface area contributed by atoms with Crippen LogP contribution in [0.15, 0.2) is 24.5 Å². The molecule has 13 heteroatoms. The second kappa shape index (κ2) is 12.6. The fraction of sp³-hybridized carbons (Fsp3) is 0.600. The van der Waals surface area contributed by atoms with Gasteiger partial charge < -0.3 is 29.3 Å². The van der Waals surface area contributed by atoms with Gasteiger partial charge in [0.25, 0.3) is 6.02 Å². The van der Waals surface area contributed by atoms with Crippen molar-refractivity contribution in [3.63, 3.8) is 0 Å². The van der Waals surface area contributed by atoms with Crippen molar-refractivity contribution in [3.05, 3.63) is 35.9 Å². The maximum Gasteiger partial charge on any atom is 0.406 e. The molecular formula is C25H34F3N7O3. The predicted octanol–water partition coefficient (Wildman–Crippen LogP) is 4.42. The Kier molecular flexibility index (Phi) is 9.21. The van der Waals surface area contributed by atoms with Gasteiger partial charge in [0.05, 0.1) is 31.2 Å². The first-order valence-corrected chi connectivity index (χ1v) is 12.8. The fourth-order valence-electron chi connectivity index (χ4n) is 4.29. The zero-order valence-electron chi connectivity index (χ0n) is 21.6. The van der Waals surface area contributed by atoms with Crippen molar-refractivity contribution < 1.29 is 27.4 Å². The van der Waals surface area contributed by atoms with Crippen LogP contribution in [0.2, 0.25) is 0 Å². The molecule has 2 fully saturated rings. The number of halogens is 3. The molecule has 1 atom stereocenters. The molecule has 0 saturated carbocycles. The first-order valence-electron chi connectivity index (χ1n) is 12.8. The maximum atomic E-state index is 12.9. The molecule has 0 radical (unpaired) electrons. The van der Waals surface area contributed by atoms with Crippen LogP contribution in [-0.4, -0.2) is 77.5 Å². The monoisotopic (exact) mass is 537 g/mol. The molecule has 10 nitrogen and oxygen atoms in total. The van der Waals surface area contributed by atoms with E-state index in [1.165, 1.54) is 0 Å². The number of morpholine rings is 1. The van der Waals surface area contributed by atoms with Crippen LogP contribution in [0.25, 0.3) is 0 Å². The van der Waals surface area contributed by atoms with Crippen LogP contribution < -0.4 is 10.2 Å². The average molecular weight is 538 g/mol. The van der Waals surface area contributed by atoms with E-state index in [4.69, 9.17) is 19.6 Å². The number of pyridine rings is 1. The number of anilines is 3. The Hall–Kier alpha value is -3.19. The predicted molar refractivity (Wildman–Crippen MR) is 136 cm³/mol. The number of nitrogens with one attached hydrogen (secondary N) is 2. The molecular weight excluding hydrogens is 503 g/mol. The van der Waals surface area contributed by atoms with Gasteiger partial charge in [0, 0.05) is 37.5 Å². The Labute approximate surface area is 220 Å². The van der Waals surface area contributed by atoms with Crippen molar-refractivity contribution >= 4 is 23.3 Å². The Morgan fingerprint density at radius 1 is 1.18 bits per heavy atom. The molecule has 38 heavy (non-hydrogen) atoms. The lowest BCUT2D eigenvalue weighted by Gasteiger charge is -2.29. The highest BCUT2D eigenvalue weighted by atomic mass is 19.4. The molecule has 0 amide bonds. The number of rotatable bonds is 8. The quantitative estimate of drug-likeness (QED) is 0.374. The number of hydrogen-bond acceptors (Lipinski definition) is 9. The topological polar surface area (TPSA) is 109 Å². The van der Waals surface area contributed by atoms with Crippen LogP contribution >= 0.6 is 0 Å². The third-order valence-corrected chi connectivity index (χ3v) is 6.31. The van der Waals surface area contributed by atoms with E-state index in [2.05, 4.69) is 25.2 Å². The minimum absolute atomic E-state index is 0.177. The Morgan fingerprint density at radius 3 is 2.61 bits per heavy atom. The van der Waals surface area contributed by atoms with Crippen LogP contribution in [0.1, 0.15) is 50.6 Å². The van der Waals surface area contributed by atoms with Crippen LogP contribution in [0.4, 0.5) is 30.5 Å². The Morgan fingerprint density at radius 2 is 1.97 bits per heavy atom. The number of alkyl halides is 3. The minimum atomic E-state index is -4.46. The molecule has 208 valence electrons. The Bertz CT molecular complexity index is 1060. The van der Waals surface area contributed by atoms with Gasteiger partial charge in [0.15, 0.2) is 12.4 Å². The molecule has 0 aromatic carbocycles. The van der Waals surface area contributed by atoms with Gasteiger partial charge in [0.1, 0.15) is 18.2 Å². The van der Waals surface area contributed by atoms with E-state index in [9.17, 15) is 13.2 Å². The standard InChI is InChI=1S/C25H34F3N7O3/c1-17(2)35(16-25(26,27)28)24(29)38-15-21-30-14-19(20-5-3-4-10-37-20)23(33-21)32-18-6-7-22(31-13-18)34-8-11-36-12-9-34/h6-7,13-14,17,20,29H,3-5,8-12,15-16H2,1-2H3,(H,30,32,33). The van der Waals surface area contributed by atoms with E-state index in [0.717, 1.165) is 48.6 Å². The third-order valence-electron chi connectivity index (χ3n) is 6.31. The summed E-state index contributed by atoms with van der Waals surface area (Å²) >= 11 is 0. The maximum absolute atomic E-state index is 12.9. The lowest BCUT2D eigenvalue weighted by atomic mass is 10.0. The second-order valence-corrected chi connectivity index (χ2v) is 9.51. The van der Waals surface area contributed by atoms with Crippen LogP contribution in [0.3, 0.4) is 0 Å². The second-order valence-electron chi connectivity index (χ2n) is 9.51. The molecule has 2 aromatic rings. The van der Waals surface area contributed by atoms with E-state index < -0.39 is 24.8 Å². The summed E-state index contributed by atoms with van der Waals surface area (Å²) < 4.78 is 55.6. The van der Waals surface area contributed by atoms with Crippen molar-refractivity contribution in [2.45, 2.75) is 58.0 Å². The zero-order valence-corrected chi connectivity index (χ0v) is 21.6. The lowest BCUT2D eigenvalue weighted by molar-refractivity contribution is -0.142. The fourth-order valence-corrected chi connectivity index (χ4v) is 4.29. The van der Waals surface area contributed by atoms with Crippen molar-refractivity contribution in [3.8, 4) is 0 Å². The molecule has 0 spiro atoms. The summed E-state index contributed by atoms with van der Waals surface area (Å²) in [6, 6.07) is 2.69. The molecule has 4 heterocycles.